The van der Waals surface area contributed by atoms with Crippen LogP contribution >= 0.6 is 0 Å². The second-order valence-corrected chi connectivity index (χ2v) is 6.07. The maximum Gasteiger partial charge on any atom is 0.136 e. The highest BCUT2D eigenvalue weighted by molar-refractivity contribution is 6.11. The van der Waals surface area contributed by atoms with Crippen molar-refractivity contribution in [3.05, 3.63) is 37.1 Å². The highest BCUT2D eigenvalue weighted by Gasteiger charge is 2.13. The van der Waals surface area contributed by atoms with Gasteiger partial charge in [0.1, 0.15) is 23.2 Å². The molecule has 0 aromatic carbocycles. The van der Waals surface area contributed by atoms with E-state index in [0.717, 1.165) is 52.7 Å². The quantitative estimate of drug-likeness (QED) is 0.568. The van der Waals surface area contributed by atoms with E-state index in [-0.39, 0.29) is 0 Å². The lowest BCUT2D eigenvalue weighted by atomic mass is 10.1. The minimum absolute atomic E-state index is 0.857. The van der Waals surface area contributed by atoms with E-state index in [1.54, 1.807) is 23.2 Å². The monoisotopic (exact) mass is 321 g/mol. The molecular formula is C17H19N7. The van der Waals surface area contributed by atoms with Crippen molar-refractivity contribution in [1.29, 1.82) is 0 Å². The molecule has 122 valence electrons. The van der Waals surface area contributed by atoms with E-state index in [1.807, 2.05) is 18.3 Å². The summed E-state index contributed by atoms with van der Waals surface area (Å²) in [5.74, 6) is 0.857. The third-order valence-corrected chi connectivity index (χ3v) is 4.05. The SMILES string of the molecule is CN(C)CCCNc1nc2c(nn3cnccc23)c2ccncc12. The molecule has 0 amide bonds. The van der Waals surface area contributed by atoms with Crippen LogP contribution in [-0.4, -0.2) is 56.7 Å². The molecule has 24 heavy (non-hydrogen) atoms. The van der Waals surface area contributed by atoms with Crippen molar-refractivity contribution in [1.82, 2.24) is 29.5 Å². The zero-order chi connectivity index (χ0) is 16.5. The molecule has 4 heterocycles. The Morgan fingerprint density at radius 3 is 2.83 bits per heavy atom. The zero-order valence-electron chi connectivity index (χ0n) is 13.8. The highest BCUT2D eigenvalue weighted by atomic mass is 15.2. The minimum Gasteiger partial charge on any atom is -0.369 e. The first-order valence-electron chi connectivity index (χ1n) is 7.98. The van der Waals surface area contributed by atoms with Gasteiger partial charge in [0.2, 0.25) is 0 Å². The van der Waals surface area contributed by atoms with Crippen LogP contribution in [0.1, 0.15) is 6.42 Å². The van der Waals surface area contributed by atoms with Gasteiger partial charge in [0.25, 0.3) is 0 Å². The van der Waals surface area contributed by atoms with Gasteiger partial charge in [-0.3, -0.25) is 4.98 Å². The fraction of sp³-hybridized carbons (Fsp3) is 0.294. The smallest absolute Gasteiger partial charge is 0.136 e. The predicted molar refractivity (Wildman–Crippen MR) is 95.2 cm³/mol. The van der Waals surface area contributed by atoms with Crippen LogP contribution in [0.15, 0.2) is 37.1 Å². The maximum absolute atomic E-state index is 4.83. The van der Waals surface area contributed by atoms with Crippen LogP contribution in [0.5, 0.6) is 0 Å². The first-order valence-corrected chi connectivity index (χ1v) is 7.98. The van der Waals surface area contributed by atoms with Crippen LogP contribution in [0.4, 0.5) is 5.82 Å². The van der Waals surface area contributed by atoms with Crippen molar-refractivity contribution >= 4 is 33.1 Å². The van der Waals surface area contributed by atoms with Crippen LogP contribution in [0.25, 0.3) is 27.3 Å². The lowest BCUT2D eigenvalue weighted by Gasteiger charge is -2.11. The van der Waals surface area contributed by atoms with Crippen molar-refractivity contribution in [2.75, 3.05) is 32.5 Å². The first-order chi connectivity index (χ1) is 11.7. The van der Waals surface area contributed by atoms with E-state index in [1.165, 1.54) is 0 Å². The molecule has 0 saturated heterocycles. The maximum atomic E-state index is 4.83. The Bertz CT molecular complexity index is 1010. The van der Waals surface area contributed by atoms with Crippen molar-refractivity contribution in [3.8, 4) is 0 Å². The van der Waals surface area contributed by atoms with Gasteiger partial charge in [0, 0.05) is 35.9 Å². The van der Waals surface area contributed by atoms with Gasteiger partial charge in [-0.1, -0.05) is 0 Å². The minimum atomic E-state index is 0.857. The zero-order valence-corrected chi connectivity index (χ0v) is 13.8. The van der Waals surface area contributed by atoms with E-state index < -0.39 is 0 Å². The Labute approximate surface area is 139 Å². The number of pyridine rings is 2. The molecule has 0 aliphatic rings. The summed E-state index contributed by atoms with van der Waals surface area (Å²) in [6, 6.07) is 3.93. The molecule has 0 aliphatic carbocycles. The van der Waals surface area contributed by atoms with Crippen molar-refractivity contribution in [3.63, 3.8) is 0 Å². The number of nitrogens with zero attached hydrogens (tertiary/aromatic N) is 6. The Balaban J connectivity index is 1.83. The van der Waals surface area contributed by atoms with Gasteiger partial charge in [0.15, 0.2) is 0 Å². The molecule has 7 heteroatoms. The third kappa shape index (κ3) is 2.52. The highest BCUT2D eigenvalue weighted by Crippen LogP contribution is 2.29. The lowest BCUT2D eigenvalue weighted by molar-refractivity contribution is 0.405. The van der Waals surface area contributed by atoms with Crippen molar-refractivity contribution < 1.29 is 0 Å². The molecule has 0 spiro atoms. The normalized spacial score (nSPS) is 11.8. The molecule has 0 bridgehead atoms. The van der Waals surface area contributed by atoms with Crippen LogP contribution in [-0.2, 0) is 0 Å². The van der Waals surface area contributed by atoms with Gasteiger partial charge in [-0.2, -0.15) is 5.10 Å². The van der Waals surface area contributed by atoms with E-state index >= 15 is 0 Å². The van der Waals surface area contributed by atoms with Gasteiger partial charge in [-0.15, -0.1) is 0 Å². The fourth-order valence-electron chi connectivity index (χ4n) is 2.89. The predicted octanol–water partition coefficient (Wildman–Crippen LogP) is 2.19. The van der Waals surface area contributed by atoms with Gasteiger partial charge in [-0.25, -0.2) is 14.5 Å². The number of aromatic nitrogens is 5. The van der Waals surface area contributed by atoms with Crippen LogP contribution < -0.4 is 5.32 Å². The Kier molecular flexibility index (Phi) is 3.70. The van der Waals surface area contributed by atoms with Crippen LogP contribution in [0, 0.1) is 0 Å². The lowest BCUT2D eigenvalue weighted by Crippen LogP contribution is -2.16. The third-order valence-electron chi connectivity index (χ3n) is 4.05. The number of nitrogens with one attached hydrogen (secondary N) is 1. The average Bonchev–Trinajstić information content (AvgIpc) is 2.97. The Morgan fingerprint density at radius 1 is 1.08 bits per heavy atom. The molecule has 4 aromatic rings. The summed E-state index contributed by atoms with van der Waals surface area (Å²) in [5.41, 5.74) is 2.71. The van der Waals surface area contributed by atoms with Gasteiger partial charge in [0.05, 0.1) is 5.52 Å². The molecule has 0 unspecified atom stereocenters. The number of rotatable bonds is 5. The van der Waals surface area contributed by atoms with Gasteiger partial charge < -0.3 is 10.2 Å². The van der Waals surface area contributed by atoms with Crippen molar-refractivity contribution in [2.45, 2.75) is 6.42 Å². The molecule has 0 fully saturated rings. The van der Waals surface area contributed by atoms with Crippen LogP contribution in [0.2, 0.25) is 0 Å². The number of anilines is 1. The fourth-order valence-corrected chi connectivity index (χ4v) is 2.89. The van der Waals surface area contributed by atoms with E-state index in [0.29, 0.717) is 0 Å². The summed E-state index contributed by atoms with van der Waals surface area (Å²) in [6.45, 7) is 1.90. The average molecular weight is 321 g/mol. The molecule has 7 nitrogen and oxygen atoms in total. The Morgan fingerprint density at radius 2 is 1.96 bits per heavy atom. The summed E-state index contributed by atoms with van der Waals surface area (Å²) in [5, 5.41) is 10.1. The van der Waals surface area contributed by atoms with Gasteiger partial charge >= 0.3 is 0 Å². The number of hydrogen-bond acceptors (Lipinski definition) is 6. The molecule has 1 N–H and O–H groups in total. The second kappa shape index (κ2) is 6.01. The van der Waals surface area contributed by atoms with E-state index in [2.05, 4.69) is 39.4 Å². The number of hydrogen-bond donors (Lipinski definition) is 1. The molecule has 0 saturated carbocycles. The van der Waals surface area contributed by atoms with E-state index in [9.17, 15) is 0 Å². The topological polar surface area (TPSA) is 71.2 Å². The van der Waals surface area contributed by atoms with E-state index in [4.69, 9.17) is 4.98 Å². The summed E-state index contributed by atoms with van der Waals surface area (Å²) in [4.78, 5) is 15.4. The number of fused-ring (bicyclic) bond motifs is 5. The second-order valence-electron chi connectivity index (χ2n) is 6.07. The first kappa shape index (κ1) is 14.8. The summed E-state index contributed by atoms with van der Waals surface area (Å²) < 4.78 is 1.77. The standard InChI is InChI=1S/C17H19N7/c1-23(2)9-3-6-20-17-13-10-18-7-4-12(13)15-16(21-17)14-5-8-19-11-24(14)22-15/h4-5,7-8,10-11H,3,6,9H2,1-2H3,(H,20,21). The van der Waals surface area contributed by atoms with Crippen LogP contribution in [0.3, 0.4) is 0 Å². The molecule has 4 aromatic heterocycles. The summed E-state index contributed by atoms with van der Waals surface area (Å²) in [7, 11) is 4.16. The Hall–Kier alpha value is -2.80. The molecule has 0 radical (unpaired) electrons. The molecule has 0 atom stereocenters. The molecule has 4 rings (SSSR count). The largest absolute Gasteiger partial charge is 0.369 e. The summed E-state index contributed by atoms with van der Waals surface area (Å²) >= 11 is 0. The van der Waals surface area contributed by atoms with Crippen molar-refractivity contribution in [2.24, 2.45) is 0 Å². The molecular weight excluding hydrogens is 302 g/mol. The summed E-state index contributed by atoms with van der Waals surface area (Å²) in [6.07, 6.45) is 8.15. The molecule has 0 aliphatic heterocycles. The van der Waals surface area contributed by atoms with Gasteiger partial charge in [-0.05, 0) is 39.2 Å².